The first-order chi connectivity index (χ1) is 8.74. The maximum Gasteiger partial charge on any atom is 0.130 e. The number of aliphatic hydroxyl groups excluding tert-OH is 1. The van der Waals surface area contributed by atoms with Crippen LogP contribution in [0.4, 0.5) is 8.78 Å². The predicted molar refractivity (Wildman–Crippen MR) is 72.5 cm³/mol. The summed E-state index contributed by atoms with van der Waals surface area (Å²) in [4.78, 5) is 2.02. The fraction of sp³-hybridized carbons (Fsp3) is 0.538. The lowest BCUT2D eigenvalue weighted by molar-refractivity contribution is 0.135. The summed E-state index contributed by atoms with van der Waals surface area (Å²) in [6.45, 7) is 3.00. The zero-order valence-corrected chi connectivity index (χ0v) is 11.4. The zero-order valence-electron chi connectivity index (χ0n) is 10.6. The summed E-state index contributed by atoms with van der Waals surface area (Å²) >= 11 is 0. The van der Waals surface area contributed by atoms with Crippen LogP contribution in [0.15, 0.2) is 18.2 Å². The Morgan fingerprint density at radius 2 is 1.79 bits per heavy atom. The smallest absolute Gasteiger partial charge is 0.130 e. The summed E-state index contributed by atoms with van der Waals surface area (Å²) in [5, 5.41) is 12.3. The molecule has 0 unspecified atom stereocenters. The molecule has 0 aliphatic carbocycles. The third kappa shape index (κ3) is 3.86. The minimum atomic E-state index is -0.535. The number of nitrogens with zero attached hydrogens (tertiary/aromatic N) is 1. The number of hydrogen-bond acceptors (Lipinski definition) is 3. The van der Waals surface area contributed by atoms with Crippen LogP contribution in [0.5, 0.6) is 0 Å². The highest BCUT2D eigenvalue weighted by Gasteiger charge is 2.26. The van der Waals surface area contributed by atoms with E-state index in [1.54, 1.807) is 0 Å². The maximum atomic E-state index is 13.8. The molecule has 2 N–H and O–H groups in total. The normalized spacial score (nSPS) is 17.8. The van der Waals surface area contributed by atoms with Gasteiger partial charge in [0.2, 0.25) is 0 Å². The summed E-state index contributed by atoms with van der Waals surface area (Å²) in [5.74, 6) is -1.07. The van der Waals surface area contributed by atoms with E-state index < -0.39 is 17.7 Å². The van der Waals surface area contributed by atoms with Crippen LogP contribution in [0.25, 0.3) is 0 Å². The van der Waals surface area contributed by atoms with Crippen LogP contribution in [0.1, 0.15) is 18.0 Å². The van der Waals surface area contributed by atoms with Gasteiger partial charge >= 0.3 is 0 Å². The molecule has 1 aliphatic rings. The molecular weight excluding hydrogens is 274 g/mol. The molecule has 0 bridgehead atoms. The summed E-state index contributed by atoms with van der Waals surface area (Å²) in [6.07, 6.45) is 0.345. The van der Waals surface area contributed by atoms with Crippen LogP contribution in [-0.2, 0) is 0 Å². The van der Waals surface area contributed by atoms with Crippen LogP contribution in [0.3, 0.4) is 0 Å². The van der Waals surface area contributed by atoms with Crippen molar-refractivity contribution in [2.24, 2.45) is 0 Å². The van der Waals surface area contributed by atoms with Crippen molar-refractivity contribution in [3.63, 3.8) is 0 Å². The molecule has 1 aliphatic heterocycles. The van der Waals surface area contributed by atoms with Crippen molar-refractivity contribution in [1.29, 1.82) is 0 Å². The Labute approximate surface area is 118 Å². The lowest BCUT2D eigenvalue weighted by Crippen LogP contribution is -2.45. The van der Waals surface area contributed by atoms with Gasteiger partial charge in [-0.15, -0.1) is 12.4 Å². The molecule has 3 nitrogen and oxygen atoms in total. The topological polar surface area (TPSA) is 35.5 Å². The number of halogens is 3. The third-order valence-corrected chi connectivity index (χ3v) is 3.33. The molecule has 1 fully saturated rings. The van der Waals surface area contributed by atoms with E-state index in [4.69, 9.17) is 5.11 Å². The molecule has 19 heavy (non-hydrogen) atoms. The molecule has 6 heteroatoms. The molecule has 1 saturated heterocycles. The minimum Gasteiger partial charge on any atom is -0.396 e. The van der Waals surface area contributed by atoms with Gasteiger partial charge < -0.3 is 10.4 Å². The Morgan fingerprint density at radius 3 is 2.32 bits per heavy atom. The molecule has 2 rings (SSSR count). The molecule has 0 aromatic heterocycles. The Bertz CT molecular complexity index is 380. The van der Waals surface area contributed by atoms with Gasteiger partial charge in [-0.05, 0) is 18.6 Å². The van der Waals surface area contributed by atoms with Gasteiger partial charge in [-0.1, -0.05) is 6.07 Å². The highest BCUT2D eigenvalue weighted by Crippen LogP contribution is 2.28. The van der Waals surface area contributed by atoms with Gasteiger partial charge in [-0.25, -0.2) is 8.78 Å². The van der Waals surface area contributed by atoms with E-state index in [0.29, 0.717) is 6.42 Å². The number of hydrogen-bond donors (Lipinski definition) is 2. The number of nitrogens with one attached hydrogen (secondary N) is 1. The Balaban J connectivity index is 0.00000180. The van der Waals surface area contributed by atoms with Crippen molar-refractivity contribution in [3.05, 3.63) is 35.4 Å². The van der Waals surface area contributed by atoms with Crippen LogP contribution in [-0.4, -0.2) is 42.8 Å². The zero-order chi connectivity index (χ0) is 13.0. The predicted octanol–water partition coefficient (Wildman–Crippen LogP) is 1.72. The van der Waals surface area contributed by atoms with Crippen LogP contribution in [0, 0.1) is 11.6 Å². The summed E-state index contributed by atoms with van der Waals surface area (Å²) in [6, 6.07) is 3.51. The Hall–Kier alpha value is -0.750. The van der Waals surface area contributed by atoms with E-state index in [9.17, 15) is 8.78 Å². The van der Waals surface area contributed by atoms with Crippen molar-refractivity contribution in [2.75, 3.05) is 32.8 Å². The van der Waals surface area contributed by atoms with E-state index in [2.05, 4.69) is 5.32 Å². The van der Waals surface area contributed by atoms with E-state index in [0.717, 1.165) is 26.2 Å². The second-order valence-corrected chi connectivity index (χ2v) is 4.45. The lowest BCUT2D eigenvalue weighted by Gasteiger charge is -2.35. The number of benzene rings is 1. The molecule has 1 aromatic rings. The molecule has 0 saturated carbocycles. The molecule has 1 aromatic carbocycles. The monoisotopic (exact) mass is 292 g/mol. The SMILES string of the molecule is Cl.OCC[C@H](c1c(F)cccc1F)N1CCNCC1. The van der Waals surface area contributed by atoms with Gasteiger partial charge in [0.05, 0.1) is 0 Å². The average molecular weight is 293 g/mol. The fourth-order valence-corrected chi connectivity index (χ4v) is 2.45. The van der Waals surface area contributed by atoms with Gasteiger partial charge in [0.25, 0.3) is 0 Å². The third-order valence-electron chi connectivity index (χ3n) is 3.33. The van der Waals surface area contributed by atoms with E-state index in [1.807, 2.05) is 4.90 Å². The molecule has 1 heterocycles. The van der Waals surface area contributed by atoms with Gasteiger partial charge in [-0.3, -0.25) is 4.90 Å². The molecule has 0 amide bonds. The van der Waals surface area contributed by atoms with Crippen LogP contribution < -0.4 is 5.32 Å². The van der Waals surface area contributed by atoms with Gasteiger partial charge in [-0.2, -0.15) is 0 Å². The van der Waals surface area contributed by atoms with Crippen LogP contribution >= 0.6 is 12.4 Å². The molecule has 108 valence electrons. The highest BCUT2D eigenvalue weighted by atomic mass is 35.5. The van der Waals surface area contributed by atoms with E-state index in [-0.39, 0.29) is 24.6 Å². The van der Waals surface area contributed by atoms with Crippen LogP contribution in [0.2, 0.25) is 0 Å². The molecule has 1 atom stereocenters. The second kappa shape index (κ2) is 7.75. The fourth-order valence-electron chi connectivity index (χ4n) is 2.45. The Morgan fingerprint density at radius 1 is 1.21 bits per heavy atom. The first-order valence-electron chi connectivity index (χ1n) is 6.23. The van der Waals surface area contributed by atoms with Crippen molar-refractivity contribution in [3.8, 4) is 0 Å². The maximum absolute atomic E-state index is 13.8. The van der Waals surface area contributed by atoms with Crippen molar-refractivity contribution in [1.82, 2.24) is 10.2 Å². The molecule has 0 radical (unpaired) electrons. The second-order valence-electron chi connectivity index (χ2n) is 4.45. The van der Waals surface area contributed by atoms with E-state index in [1.165, 1.54) is 18.2 Å². The largest absolute Gasteiger partial charge is 0.396 e. The highest BCUT2D eigenvalue weighted by molar-refractivity contribution is 5.85. The van der Waals surface area contributed by atoms with Gasteiger partial charge in [0.15, 0.2) is 0 Å². The summed E-state index contributed by atoms with van der Waals surface area (Å²) in [7, 11) is 0. The molecular formula is C13H19ClF2N2O. The number of rotatable bonds is 4. The van der Waals surface area contributed by atoms with Crippen molar-refractivity contribution in [2.45, 2.75) is 12.5 Å². The molecule has 0 spiro atoms. The van der Waals surface area contributed by atoms with Gasteiger partial charge in [0.1, 0.15) is 11.6 Å². The van der Waals surface area contributed by atoms with E-state index >= 15 is 0 Å². The first kappa shape index (κ1) is 16.3. The first-order valence-corrected chi connectivity index (χ1v) is 6.23. The summed E-state index contributed by atoms with van der Waals surface area (Å²) in [5.41, 5.74) is 0.0773. The number of piperazine rings is 1. The minimum absolute atomic E-state index is 0. The van der Waals surface area contributed by atoms with Gasteiger partial charge in [0, 0.05) is 44.4 Å². The average Bonchev–Trinajstić information content (AvgIpc) is 2.38. The number of aliphatic hydroxyl groups is 1. The standard InChI is InChI=1S/C13H18F2N2O.ClH/c14-10-2-1-3-11(15)13(10)12(4-9-18)17-7-5-16-6-8-17;/h1-3,12,16,18H,4-9H2;1H/t12-;/m1./s1. The van der Waals surface area contributed by atoms with Crippen molar-refractivity contribution < 1.29 is 13.9 Å². The quantitative estimate of drug-likeness (QED) is 0.887. The lowest BCUT2D eigenvalue weighted by atomic mass is 10.00. The summed E-state index contributed by atoms with van der Waals surface area (Å²) < 4.78 is 27.6. The Kier molecular flexibility index (Phi) is 6.65. The van der Waals surface area contributed by atoms with Crippen molar-refractivity contribution >= 4 is 12.4 Å².